The Labute approximate surface area is 189 Å². The van der Waals surface area contributed by atoms with Crippen LogP contribution in [-0.2, 0) is 11.3 Å². The molecular weight excluding hydrogens is 485 g/mol. The van der Waals surface area contributed by atoms with Gasteiger partial charge in [0.15, 0.2) is 5.96 Å². The summed E-state index contributed by atoms with van der Waals surface area (Å²) < 4.78 is 5.97. The molecule has 0 radical (unpaired) electrons. The van der Waals surface area contributed by atoms with Crippen molar-refractivity contribution < 1.29 is 4.74 Å². The lowest BCUT2D eigenvalue weighted by atomic mass is 9.95. The number of thiazole rings is 1. The number of likely N-dealkylation sites (tertiary alicyclic amines) is 1. The van der Waals surface area contributed by atoms with Crippen LogP contribution in [0.4, 0.5) is 0 Å². The number of hydrogen-bond donors (Lipinski definition) is 2. The molecule has 3 saturated heterocycles. The van der Waals surface area contributed by atoms with Crippen molar-refractivity contribution in [3.05, 3.63) is 16.1 Å². The van der Waals surface area contributed by atoms with Crippen LogP contribution < -0.4 is 10.6 Å². The summed E-state index contributed by atoms with van der Waals surface area (Å²) in [6, 6.07) is 0.435. The minimum absolute atomic E-state index is 0. The fourth-order valence-corrected chi connectivity index (χ4v) is 5.15. The number of fused-ring (bicyclic) bond motifs is 2. The van der Waals surface area contributed by atoms with Crippen molar-refractivity contribution in [2.24, 2.45) is 10.9 Å². The summed E-state index contributed by atoms with van der Waals surface area (Å²) in [5.41, 5.74) is 1.22. The van der Waals surface area contributed by atoms with E-state index in [1.165, 1.54) is 36.4 Å². The highest BCUT2D eigenvalue weighted by atomic mass is 127. The molecule has 3 unspecified atom stereocenters. The third-order valence-electron chi connectivity index (χ3n) is 6.04. The lowest BCUT2D eigenvalue weighted by molar-refractivity contribution is 0.0992. The summed E-state index contributed by atoms with van der Waals surface area (Å²) in [4.78, 5) is 12.0. The number of nitrogens with zero attached hydrogens (tertiary/aromatic N) is 3. The zero-order chi connectivity index (χ0) is 18.6. The van der Waals surface area contributed by atoms with Gasteiger partial charge in [-0.25, -0.2) is 4.98 Å². The lowest BCUT2D eigenvalue weighted by Gasteiger charge is -2.31. The summed E-state index contributed by atoms with van der Waals surface area (Å²) in [5.74, 6) is 1.66. The highest BCUT2D eigenvalue weighted by Crippen LogP contribution is 2.34. The van der Waals surface area contributed by atoms with Gasteiger partial charge in [0.25, 0.3) is 0 Å². The van der Waals surface area contributed by atoms with Crippen molar-refractivity contribution in [2.45, 2.75) is 70.7 Å². The van der Waals surface area contributed by atoms with Crippen LogP contribution in [0, 0.1) is 12.8 Å². The predicted octanol–water partition coefficient (Wildman–Crippen LogP) is 3.16. The Kier molecular flexibility index (Phi) is 8.37. The third kappa shape index (κ3) is 5.79. The first-order valence-corrected chi connectivity index (χ1v) is 11.4. The maximum atomic E-state index is 5.97. The molecule has 0 aliphatic carbocycles. The summed E-state index contributed by atoms with van der Waals surface area (Å²) in [5, 5.41) is 10.4. The van der Waals surface area contributed by atoms with Crippen molar-refractivity contribution in [1.29, 1.82) is 0 Å². The lowest BCUT2D eigenvalue weighted by Crippen LogP contribution is -2.47. The first-order chi connectivity index (χ1) is 13.2. The zero-order valence-electron chi connectivity index (χ0n) is 17.0. The van der Waals surface area contributed by atoms with E-state index in [-0.39, 0.29) is 24.0 Å². The van der Waals surface area contributed by atoms with E-state index in [1.54, 1.807) is 11.3 Å². The number of ether oxygens (including phenoxy) is 1. The molecule has 1 aromatic heterocycles. The van der Waals surface area contributed by atoms with Crippen LogP contribution in [-0.4, -0.2) is 60.3 Å². The fourth-order valence-electron chi connectivity index (χ4n) is 4.54. The van der Waals surface area contributed by atoms with E-state index in [0.29, 0.717) is 24.2 Å². The van der Waals surface area contributed by atoms with Crippen molar-refractivity contribution in [3.8, 4) is 0 Å². The minimum Gasteiger partial charge on any atom is -0.373 e. The molecule has 28 heavy (non-hydrogen) atoms. The number of nitrogens with one attached hydrogen (secondary N) is 2. The number of piperidine rings is 1. The molecule has 8 heteroatoms. The molecule has 0 saturated carbocycles. The van der Waals surface area contributed by atoms with Crippen LogP contribution in [0.15, 0.2) is 10.4 Å². The molecule has 3 aliphatic heterocycles. The number of rotatable bonds is 6. The second-order valence-corrected chi connectivity index (χ2v) is 9.22. The maximum Gasteiger partial charge on any atom is 0.191 e. The largest absolute Gasteiger partial charge is 0.373 e. The molecule has 4 heterocycles. The Bertz CT molecular complexity index is 646. The van der Waals surface area contributed by atoms with Gasteiger partial charge in [0, 0.05) is 25.0 Å². The Balaban J connectivity index is 0.00000225. The molecule has 0 aromatic carbocycles. The number of aryl methyl sites for hydroxylation is 1. The van der Waals surface area contributed by atoms with E-state index in [2.05, 4.69) is 39.7 Å². The molecule has 2 N–H and O–H groups in total. The van der Waals surface area contributed by atoms with Crippen molar-refractivity contribution in [1.82, 2.24) is 20.5 Å². The Morgan fingerprint density at radius 2 is 2.14 bits per heavy atom. The SMILES string of the molecule is CCNC(=NCC1CCN(Cc2csc(C)n2)CC1)NC1CC2CCC1O2.I. The van der Waals surface area contributed by atoms with Crippen molar-refractivity contribution in [3.63, 3.8) is 0 Å². The smallest absolute Gasteiger partial charge is 0.191 e. The zero-order valence-corrected chi connectivity index (χ0v) is 20.2. The standard InChI is InChI=1S/C20H33N5OS.HI/c1-3-21-20(24-18-10-17-4-5-19(18)26-17)22-11-15-6-8-25(9-7-15)12-16-13-27-14(2)23-16;/h13,15,17-19H,3-12H2,1-2H3,(H2,21,22,24);1H. The molecule has 4 rings (SSSR count). The van der Waals surface area contributed by atoms with Crippen LogP contribution in [0.1, 0.15) is 49.7 Å². The summed E-state index contributed by atoms with van der Waals surface area (Å²) in [6.07, 6.45) is 6.86. The number of halogens is 1. The minimum atomic E-state index is 0. The van der Waals surface area contributed by atoms with Gasteiger partial charge < -0.3 is 15.4 Å². The summed E-state index contributed by atoms with van der Waals surface area (Å²) in [6.45, 7) is 9.33. The van der Waals surface area contributed by atoms with Gasteiger partial charge in [0.2, 0.25) is 0 Å². The molecule has 3 fully saturated rings. The van der Waals surface area contributed by atoms with E-state index in [9.17, 15) is 0 Å². The summed E-state index contributed by atoms with van der Waals surface area (Å²) in [7, 11) is 0. The topological polar surface area (TPSA) is 61.8 Å². The Hall–Kier alpha value is -0.450. The number of aliphatic imine (C=N–C) groups is 1. The van der Waals surface area contributed by atoms with Gasteiger partial charge >= 0.3 is 0 Å². The van der Waals surface area contributed by atoms with E-state index in [0.717, 1.165) is 45.1 Å². The van der Waals surface area contributed by atoms with Gasteiger partial charge in [-0.2, -0.15) is 0 Å². The molecule has 3 aliphatic rings. The van der Waals surface area contributed by atoms with Gasteiger partial charge in [0.1, 0.15) is 0 Å². The Morgan fingerprint density at radius 3 is 2.75 bits per heavy atom. The van der Waals surface area contributed by atoms with E-state index in [1.807, 2.05) is 0 Å². The molecular formula is C20H34IN5OS. The van der Waals surface area contributed by atoms with Crippen LogP contribution in [0.3, 0.4) is 0 Å². The second-order valence-electron chi connectivity index (χ2n) is 8.16. The van der Waals surface area contributed by atoms with Gasteiger partial charge in [0.05, 0.1) is 29.0 Å². The van der Waals surface area contributed by atoms with Crippen molar-refractivity contribution in [2.75, 3.05) is 26.2 Å². The summed E-state index contributed by atoms with van der Waals surface area (Å²) >= 11 is 1.75. The maximum absolute atomic E-state index is 5.97. The monoisotopic (exact) mass is 519 g/mol. The fraction of sp³-hybridized carbons (Fsp3) is 0.800. The molecule has 1 aromatic rings. The van der Waals surface area contributed by atoms with Gasteiger partial charge in [-0.3, -0.25) is 9.89 Å². The average molecular weight is 519 g/mol. The number of guanidine groups is 1. The molecule has 2 bridgehead atoms. The first kappa shape index (κ1) is 22.2. The average Bonchev–Trinajstić information content (AvgIpc) is 3.38. The highest BCUT2D eigenvalue weighted by Gasteiger charge is 2.41. The Morgan fingerprint density at radius 1 is 1.32 bits per heavy atom. The van der Waals surface area contributed by atoms with E-state index in [4.69, 9.17) is 9.73 Å². The molecule has 0 amide bonds. The van der Waals surface area contributed by atoms with Gasteiger partial charge in [-0.05, 0) is 65.0 Å². The van der Waals surface area contributed by atoms with Gasteiger partial charge in [-0.15, -0.1) is 35.3 Å². The molecule has 158 valence electrons. The van der Waals surface area contributed by atoms with Crippen LogP contribution in [0.2, 0.25) is 0 Å². The molecule has 0 spiro atoms. The molecule has 6 nitrogen and oxygen atoms in total. The number of hydrogen-bond acceptors (Lipinski definition) is 5. The third-order valence-corrected chi connectivity index (χ3v) is 6.86. The van der Waals surface area contributed by atoms with Crippen LogP contribution >= 0.6 is 35.3 Å². The number of aromatic nitrogens is 1. The van der Waals surface area contributed by atoms with E-state index < -0.39 is 0 Å². The molecule has 3 atom stereocenters. The first-order valence-electron chi connectivity index (χ1n) is 10.5. The quantitative estimate of drug-likeness (QED) is 0.344. The van der Waals surface area contributed by atoms with Crippen LogP contribution in [0.25, 0.3) is 0 Å². The van der Waals surface area contributed by atoms with Crippen molar-refractivity contribution >= 4 is 41.3 Å². The van der Waals surface area contributed by atoms with E-state index >= 15 is 0 Å². The normalized spacial score (nSPS) is 28.4. The predicted molar refractivity (Wildman–Crippen MR) is 126 cm³/mol. The second kappa shape index (κ2) is 10.5. The van der Waals surface area contributed by atoms with Gasteiger partial charge in [-0.1, -0.05) is 0 Å². The van der Waals surface area contributed by atoms with Crippen LogP contribution in [0.5, 0.6) is 0 Å². The highest BCUT2D eigenvalue weighted by molar-refractivity contribution is 14.0.